The molecule has 2 bridgehead atoms. The number of fused-ring (bicyclic) bond motifs is 2. The number of carbonyl (C=O) groups is 1. The quantitative estimate of drug-likeness (QED) is 0.519. The van der Waals surface area contributed by atoms with E-state index in [1.807, 2.05) is 0 Å². The summed E-state index contributed by atoms with van der Waals surface area (Å²) >= 11 is 0. The van der Waals surface area contributed by atoms with Gasteiger partial charge >= 0.3 is 0 Å². The van der Waals surface area contributed by atoms with Crippen molar-refractivity contribution in [3.63, 3.8) is 0 Å². The van der Waals surface area contributed by atoms with Crippen molar-refractivity contribution in [2.45, 2.75) is 64.6 Å². The zero-order chi connectivity index (χ0) is 14.3. The van der Waals surface area contributed by atoms with Gasteiger partial charge in [0.2, 0.25) is 0 Å². The molecule has 3 aliphatic carbocycles. The lowest BCUT2D eigenvalue weighted by Crippen LogP contribution is -2.32. The third kappa shape index (κ3) is 2.88. The highest BCUT2D eigenvalue weighted by Gasteiger charge is 2.50. The zero-order valence-electron chi connectivity index (χ0n) is 13.2. The van der Waals surface area contributed by atoms with Crippen LogP contribution in [0.1, 0.15) is 44.9 Å². The molecule has 0 aromatic rings. The number of hydrogen-bond acceptors (Lipinski definition) is 1. The monoisotopic (exact) mass is 288 g/mol. The summed E-state index contributed by atoms with van der Waals surface area (Å²) in [7, 11) is -1.27. The second-order valence-electron chi connectivity index (χ2n) is 8.35. The Morgan fingerprint density at radius 2 is 1.80 bits per heavy atom. The average molecular weight is 289 g/mol. The largest absolute Gasteiger partial charge is 0.300 e. The molecule has 20 heavy (non-hydrogen) atoms. The minimum atomic E-state index is -1.27. The molecule has 3 saturated carbocycles. The van der Waals surface area contributed by atoms with Crippen LogP contribution in [-0.4, -0.2) is 13.9 Å². The van der Waals surface area contributed by atoms with E-state index in [9.17, 15) is 4.79 Å². The molecule has 0 saturated heterocycles. The van der Waals surface area contributed by atoms with E-state index in [2.05, 4.69) is 31.1 Å². The van der Waals surface area contributed by atoms with Gasteiger partial charge in [-0.25, -0.2) is 0 Å². The Morgan fingerprint density at radius 1 is 1.05 bits per heavy atom. The molecule has 110 valence electrons. The number of rotatable bonds is 1. The van der Waals surface area contributed by atoms with E-state index in [0.29, 0.717) is 17.6 Å². The van der Waals surface area contributed by atoms with Gasteiger partial charge in [0.05, 0.1) is 0 Å². The Labute approximate surface area is 124 Å². The molecule has 3 rings (SSSR count). The molecule has 3 unspecified atom stereocenters. The second kappa shape index (κ2) is 5.33. The highest BCUT2D eigenvalue weighted by Crippen LogP contribution is 2.56. The fraction of sp³-hybridized carbons (Fsp3) is 0.833. The Hall–Kier alpha value is -0.553. The number of Topliss-reactive ketones (excluding diaryl/α,β-unsaturated/α-hetero) is 1. The normalized spacial score (nSPS) is 40.5. The molecule has 3 fully saturated rings. The zero-order valence-corrected chi connectivity index (χ0v) is 14.2. The van der Waals surface area contributed by atoms with E-state index in [1.165, 1.54) is 25.7 Å². The highest BCUT2D eigenvalue weighted by molar-refractivity contribution is 6.83. The van der Waals surface area contributed by atoms with Gasteiger partial charge in [-0.15, -0.1) is 11.5 Å². The second-order valence-corrected chi connectivity index (χ2v) is 13.1. The van der Waals surface area contributed by atoms with Crippen molar-refractivity contribution in [1.29, 1.82) is 0 Å². The van der Waals surface area contributed by atoms with Gasteiger partial charge in [0.1, 0.15) is 13.9 Å². The first-order valence-electron chi connectivity index (χ1n) is 8.48. The van der Waals surface area contributed by atoms with E-state index in [1.54, 1.807) is 0 Å². The number of ketones is 1. The molecule has 5 atom stereocenters. The first-order valence-corrected chi connectivity index (χ1v) is 12.0. The van der Waals surface area contributed by atoms with E-state index < -0.39 is 8.07 Å². The molecule has 0 aliphatic heterocycles. The maximum absolute atomic E-state index is 11.8. The first-order chi connectivity index (χ1) is 9.44. The Bertz CT molecular complexity index is 450. The van der Waals surface area contributed by atoms with Crippen molar-refractivity contribution in [1.82, 2.24) is 0 Å². The third-order valence-corrected chi connectivity index (χ3v) is 6.55. The van der Waals surface area contributed by atoms with Crippen LogP contribution in [0.15, 0.2) is 0 Å². The van der Waals surface area contributed by atoms with Crippen LogP contribution < -0.4 is 0 Å². The van der Waals surface area contributed by atoms with Crippen molar-refractivity contribution in [3.05, 3.63) is 0 Å². The van der Waals surface area contributed by atoms with Crippen LogP contribution in [0.2, 0.25) is 19.6 Å². The van der Waals surface area contributed by atoms with Crippen LogP contribution in [0.5, 0.6) is 0 Å². The lowest BCUT2D eigenvalue weighted by atomic mass is 9.68. The fourth-order valence-electron chi connectivity index (χ4n) is 4.91. The van der Waals surface area contributed by atoms with Crippen LogP contribution in [0.25, 0.3) is 0 Å². The van der Waals surface area contributed by atoms with Crippen LogP contribution in [0.3, 0.4) is 0 Å². The molecule has 0 radical (unpaired) electrons. The van der Waals surface area contributed by atoms with E-state index in [-0.39, 0.29) is 0 Å². The molecule has 0 aromatic heterocycles. The molecule has 0 N–H and O–H groups in total. The summed E-state index contributed by atoms with van der Waals surface area (Å²) in [6.45, 7) is 7.02. The summed E-state index contributed by atoms with van der Waals surface area (Å²) in [4.78, 5) is 11.8. The lowest BCUT2D eigenvalue weighted by molar-refractivity contribution is -0.122. The molecule has 0 aromatic carbocycles. The number of carbonyl (C=O) groups excluding carboxylic acids is 1. The van der Waals surface area contributed by atoms with Crippen molar-refractivity contribution in [3.8, 4) is 11.5 Å². The van der Waals surface area contributed by atoms with Gasteiger partial charge in [-0.1, -0.05) is 19.6 Å². The molecule has 0 heterocycles. The van der Waals surface area contributed by atoms with Gasteiger partial charge in [0, 0.05) is 18.8 Å². The predicted molar refractivity (Wildman–Crippen MR) is 85.9 cm³/mol. The maximum Gasteiger partial charge on any atom is 0.133 e. The highest BCUT2D eigenvalue weighted by atomic mass is 28.3. The predicted octanol–water partition coefficient (Wildman–Crippen LogP) is 4.29. The summed E-state index contributed by atoms with van der Waals surface area (Å²) in [5.41, 5.74) is 3.63. The maximum atomic E-state index is 11.8. The van der Waals surface area contributed by atoms with Crippen molar-refractivity contribution < 1.29 is 4.79 Å². The van der Waals surface area contributed by atoms with Crippen molar-refractivity contribution in [2.24, 2.45) is 29.6 Å². The molecular formula is C18H28OSi. The van der Waals surface area contributed by atoms with Gasteiger partial charge in [-0.3, -0.25) is 4.79 Å². The third-order valence-electron chi connectivity index (χ3n) is 5.66. The summed E-state index contributed by atoms with van der Waals surface area (Å²) in [6, 6.07) is 0. The molecule has 0 amide bonds. The minimum absolute atomic E-state index is 0.515. The van der Waals surface area contributed by atoms with Gasteiger partial charge < -0.3 is 0 Å². The van der Waals surface area contributed by atoms with Crippen LogP contribution in [0, 0.1) is 41.1 Å². The molecular weight excluding hydrogens is 260 g/mol. The Kier molecular flexibility index (Phi) is 3.84. The molecule has 0 spiro atoms. The van der Waals surface area contributed by atoms with Crippen molar-refractivity contribution in [2.75, 3.05) is 0 Å². The van der Waals surface area contributed by atoms with Crippen molar-refractivity contribution >= 4 is 13.9 Å². The summed E-state index contributed by atoms with van der Waals surface area (Å²) in [6.07, 6.45) is 8.32. The standard InChI is InChI=1S/C18H28OSi/c1-20(2,3)10-9-17-13-7-8-15(11-13)18(17)14-5-4-6-16(19)12-14/h13-15,17-18H,4-8,11-12H2,1-3H3/t13-,14?,15+,17?,18?/m0/s1. The van der Waals surface area contributed by atoms with Crippen LogP contribution >= 0.6 is 0 Å². The van der Waals surface area contributed by atoms with Gasteiger partial charge in [0.15, 0.2) is 0 Å². The van der Waals surface area contributed by atoms with E-state index in [0.717, 1.165) is 37.0 Å². The van der Waals surface area contributed by atoms with Gasteiger partial charge in [-0.05, 0) is 55.8 Å². The summed E-state index contributed by atoms with van der Waals surface area (Å²) in [5.74, 6) is 8.00. The van der Waals surface area contributed by atoms with E-state index in [4.69, 9.17) is 0 Å². The van der Waals surface area contributed by atoms with Gasteiger partial charge in [0.25, 0.3) is 0 Å². The summed E-state index contributed by atoms with van der Waals surface area (Å²) < 4.78 is 0. The van der Waals surface area contributed by atoms with E-state index >= 15 is 0 Å². The topological polar surface area (TPSA) is 17.1 Å². The summed E-state index contributed by atoms with van der Waals surface area (Å²) in [5, 5.41) is 0. The Morgan fingerprint density at radius 3 is 2.50 bits per heavy atom. The smallest absolute Gasteiger partial charge is 0.133 e. The lowest BCUT2D eigenvalue weighted by Gasteiger charge is -2.36. The molecule has 2 heteroatoms. The van der Waals surface area contributed by atoms with Gasteiger partial charge in [-0.2, -0.15) is 0 Å². The molecule has 3 aliphatic rings. The average Bonchev–Trinajstić information content (AvgIpc) is 2.95. The fourth-order valence-corrected chi connectivity index (χ4v) is 5.51. The molecule has 1 nitrogen and oxygen atoms in total. The minimum Gasteiger partial charge on any atom is -0.300 e. The van der Waals surface area contributed by atoms with Crippen LogP contribution in [-0.2, 0) is 4.79 Å². The number of hydrogen-bond donors (Lipinski definition) is 0. The first kappa shape index (κ1) is 14.4. The Balaban J connectivity index is 1.79. The van der Waals surface area contributed by atoms with Crippen LogP contribution in [0.4, 0.5) is 0 Å². The SMILES string of the molecule is C[Si](C)(C)C#CC1C(C2CCCC(=O)C2)[C@@H]2CC[C@H]1C2.